The first-order chi connectivity index (χ1) is 14.4. The van der Waals surface area contributed by atoms with Crippen LogP contribution in [0.15, 0.2) is 30.6 Å². The molecule has 0 aliphatic carbocycles. The number of nitrogens with zero attached hydrogens (tertiary/aromatic N) is 2. The van der Waals surface area contributed by atoms with Gasteiger partial charge >= 0.3 is 6.18 Å². The fourth-order valence-electron chi connectivity index (χ4n) is 2.85. The third-order valence-electron chi connectivity index (χ3n) is 4.33. The van der Waals surface area contributed by atoms with Crippen molar-refractivity contribution >= 4 is 16.9 Å². The summed E-state index contributed by atoms with van der Waals surface area (Å²) in [6.07, 6.45) is -2.85. The van der Waals surface area contributed by atoms with E-state index in [4.69, 9.17) is 15.2 Å². The van der Waals surface area contributed by atoms with E-state index in [1.807, 2.05) is 0 Å². The minimum absolute atomic E-state index is 0.0294. The molecule has 0 amide bonds. The Morgan fingerprint density at radius 1 is 1.19 bits per heavy atom. The Morgan fingerprint density at radius 3 is 2.58 bits per heavy atom. The van der Waals surface area contributed by atoms with Crippen LogP contribution in [0.3, 0.4) is 0 Å². The van der Waals surface area contributed by atoms with Crippen LogP contribution in [-0.4, -0.2) is 39.9 Å². The molecule has 1 unspecified atom stereocenters. The van der Waals surface area contributed by atoms with Crippen molar-refractivity contribution in [1.82, 2.24) is 15.0 Å². The van der Waals surface area contributed by atoms with Gasteiger partial charge < -0.3 is 20.2 Å². The summed E-state index contributed by atoms with van der Waals surface area (Å²) < 4.78 is 73.8. The van der Waals surface area contributed by atoms with Crippen molar-refractivity contribution in [3.05, 3.63) is 47.7 Å². The number of H-pyrrole nitrogens is 1. The zero-order valence-corrected chi connectivity index (χ0v) is 16.8. The van der Waals surface area contributed by atoms with E-state index in [1.54, 1.807) is 6.07 Å². The molecule has 31 heavy (non-hydrogen) atoms. The first kappa shape index (κ1) is 22.7. The second-order valence-electron chi connectivity index (χ2n) is 7.62. The SMILES string of the molecule is CC(C)(F)COC1COc2cc(F)ccc2C1.Nc1ncnc2[nH]c(C(F)(F)F)cc12. The number of nitrogen functional groups attached to an aromatic ring is 1. The summed E-state index contributed by atoms with van der Waals surface area (Å²) in [5.74, 6) is 0.277. The number of nitrogens with two attached hydrogens (primary N) is 1. The van der Waals surface area contributed by atoms with Gasteiger partial charge in [-0.25, -0.2) is 18.7 Å². The van der Waals surface area contributed by atoms with Gasteiger partial charge in [0, 0.05) is 12.5 Å². The van der Waals surface area contributed by atoms with Gasteiger partial charge in [-0.15, -0.1) is 0 Å². The molecule has 0 fully saturated rings. The van der Waals surface area contributed by atoms with E-state index in [0.717, 1.165) is 18.0 Å². The van der Waals surface area contributed by atoms with Gasteiger partial charge in [0.05, 0.1) is 18.1 Å². The second kappa shape index (κ2) is 8.66. The lowest BCUT2D eigenvalue weighted by Crippen LogP contribution is -2.33. The number of ether oxygens (including phenoxy) is 2. The van der Waals surface area contributed by atoms with E-state index in [9.17, 15) is 22.0 Å². The highest BCUT2D eigenvalue weighted by Crippen LogP contribution is 2.31. The number of hydrogen-bond acceptors (Lipinski definition) is 5. The van der Waals surface area contributed by atoms with Gasteiger partial charge in [-0.3, -0.25) is 0 Å². The van der Waals surface area contributed by atoms with Crippen LogP contribution >= 0.6 is 0 Å². The summed E-state index contributed by atoms with van der Waals surface area (Å²) >= 11 is 0. The predicted octanol–water partition coefficient (Wildman–Crippen LogP) is 4.45. The van der Waals surface area contributed by atoms with Gasteiger partial charge in [0.25, 0.3) is 0 Å². The number of alkyl halides is 4. The van der Waals surface area contributed by atoms with Crippen LogP contribution in [-0.2, 0) is 17.3 Å². The first-order valence-electron chi connectivity index (χ1n) is 9.30. The number of fused-ring (bicyclic) bond motifs is 2. The zero-order valence-electron chi connectivity index (χ0n) is 16.8. The van der Waals surface area contributed by atoms with Gasteiger partial charge in [0.2, 0.25) is 0 Å². The van der Waals surface area contributed by atoms with Crippen molar-refractivity contribution in [2.45, 2.75) is 38.2 Å². The Labute approximate surface area is 174 Å². The minimum atomic E-state index is -4.42. The van der Waals surface area contributed by atoms with Gasteiger partial charge in [0.15, 0.2) is 0 Å². The number of halogens is 5. The molecule has 6 nitrogen and oxygen atoms in total. The molecule has 3 N–H and O–H groups in total. The monoisotopic (exact) mass is 444 g/mol. The zero-order chi connectivity index (χ0) is 22.8. The van der Waals surface area contributed by atoms with Crippen LogP contribution in [0.1, 0.15) is 25.1 Å². The molecule has 11 heteroatoms. The lowest BCUT2D eigenvalue weighted by molar-refractivity contribution is -0.140. The molecule has 0 radical (unpaired) electrons. The van der Waals surface area contributed by atoms with Crippen molar-refractivity contribution in [3.63, 3.8) is 0 Å². The highest BCUT2D eigenvalue weighted by molar-refractivity contribution is 5.86. The third-order valence-corrected chi connectivity index (χ3v) is 4.33. The minimum Gasteiger partial charge on any atom is -0.490 e. The van der Waals surface area contributed by atoms with Crippen LogP contribution in [0.5, 0.6) is 5.75 Å². The second-order valence-corrected chi connectivity index (χ2v) is 7.62. The van der Waals surface area contributed by atoms with E-state index < -0.39 is 17.5 Å². The van der Waals surface area contributed by atoms with Gasteiger partial charge in [0.1, 0.15) is 47.3 Å². The molecule has 4 rings (SSSR count). The van der Waals surface area contributed by atoms with E-state index >= 15 is 0 Å². The Hall–Kier alpha value is -2.95. The van der Waals surface area contributed by atoms with Crippen molar-refractivity contribution in [3.8, 4) is 5.75 Å². The van der Waals surface area contributed by atoms with E-state index in [1.165, 1.54) is 26.0 Å². The molecule has 168 valence electrons. The Balaban J connectivity index is 0.000000179. The smallest absolute Gasteiger partial charge is 0.431 e. The molecular weight excluding hydrogens is 423 g/mol. The van der Waals surface area contributed by atoms with Gasteiger partial charge in [-0.05, 0) is 31.5 Å². The van der Waals surface area contributed by atoms with Crippen molar-refractivity contribution in [2.24, 2.45) is 0 Å². The number of nitrogens with one attached hydrogen (secondary N) is 1. The van der Waals surface area contributed by atoms with Crippen LogP contribution < -0.4 is 10.5 Å². The quantitative estimate of drug-likeness (QED) is 0.583. The number of rotatable bonds is 3. The van der Waals surface area contributed by atoms with Crippen LogP contribution in [0.25, 0.3) is 11.0 Å². The molecule has 1 aliphatic heterocycles. The topological polar surface area (TPSA) is 86.1 Å². The maximum absolute atomic E-state index is 13.3. The summed E-state index contributed by atoms with van der Waals surface area (Å²) in [7, 11) is 0. The van der Waals surface area contributed by atoms with Crippen LogP contribution in [0.4, 0.5) is 27.8 Å². The molecule has 1 aromatic carbocycles. The number of aromatic amines is 1. The third kappa shape index (κ3) is 6.03. The molecular formula is C20H21F5N4O2. The Kier molecular flexibility index (Phi) is 6.35. The van der Waals surface area contributed by atoms with Crippen LogP contribution in [0.2, 0.25) is 0 Å². The maximum Gasteiger partial charge on any atom is 0.431 e. The fraction of sp³-hybridized carbons (Fsp3) is 0.400. The molecule has 0 bridgehead atoms. The molecule has 0 saturated carbocycles. The van der Waals surface area contributed by atoms with Crippen molar-refractivity contribution in [1.29, 1.82) is 0 Å². The normalized spacial score (nSPS) is 16.3. The van der Waals surface area contributed by atoms with Crippen molar-refractivity contribution < 1.29 is 31.4 Å². The molecule has 3 heterocycles. The first-order valence-corrected chi connectivity index (χ1v) is 9.30. The lowest BCUT2D eigenvalue weighted by Gasteiger charge is -2.27. The number of hydrogen-bond donors (Lipinski definition) is 2. The predicted molar refractivity (Wildman–Crippen MR) is 104 cm³/mol. The average molecular weight is 444 g/mol. The van der Waals surface area contributed by atoms with E-state index in [0.29, 0.717) is 18.8 Å². The van der Waals surface area contributed by atoms with Gasteiger partial charge in [-0.2, -0.15) is 13.2 Å². The molecule has 3 aromatic rings. The number of aromatic nitrogens is 3. The van der Waals surface area contributed by atoms with Gasteiger partial charge in [-0.1, -0.05) is 6.07 Å². The fourth-order valence-corrected chi connectivity index (χ4v) is 2.85. The van der Waals surface area contributed by atoms with E-state index in [-0.39, 0.29) is 35.4 Å². The Morgan fingerprint density at radius 2 is 1.94 bits per heavy atom. The lowest BCUT2D eigenvalue weighted by atomic mass is 10.0. The summed E-state index contributed by atoms with van der Waals surface area (Å²) in [5, 5.41) is 0.180. The van der Waals surface area contributed by atoms with E-state index in [2.05, 4.69) is 15.0 Å². The summed E-state index contributed by atoms with van der Waals surface area (Å²) in [4.78, 5) is 9.33. The molecule has 0 saturated heterocycles. The van der Waals surface area contributed by atoms with Crippen LogP contribution in [0, 0.1) is 5.82 Å². The van der Waals surface area contributed by atoms with Crippen molar-refractivity contribution in [2.75, 3.05) is 18.9 Å². The molecule has 1 atom stereocenters. The highest BCUT2D eigenvalue weighted by atomic mass is 19.4. The highest BCUT2D eigenvalue weighted by Gasteiger charge is 2.33. The number of benzene rings is 1. The maximum atomic E-state index is 13.3. The largest absolute Gasteiger partial charge is 0.490 e. The molecule has 2 aromatic heterocycles. The summed E-state index contributed by atoms with van der Waals surface area (Å²) in [6.45, 7) is 3.32. The summed E-state index contributed by atoms with van der Waals surface area (Å²) in [6, 6.07) is 5.33. The summed E-state index contributed by atoms with van der Waals surface area (Å²) in [5.41, 5.74) is 4.14. The Bertz CT molecular complexity index is 1050. The molecule has 0 spiro atoms. The molecule has 1 aliphatic rings. The standard InChI is InChI=1S/C13H16F2O2.C7H5F3N4/c1-13(2,15)8-17-11-5-9-3-4-10(14)6-12(9)16-7-11;8-7(9,10)4-1-3-5(11)12-2-13-6(3)14-4/h3-4,6,11H,5,7-8H2,1-2H3;1-2H,(H3,11,12,13,14). The number of anilines is 1. The average Bonchev–Trinajstić information content (AvgIpc) is 3.13.